The van der Waals surface area contributed by atoms with Crippen molar-refractivity contribution in [2.24, 2.45) is 0 Å². The first-order chi connectivity index (χ1) is 10.2. The fraction of sp³-hybridized carbons (Fsp3) is 0.294. The van der Waals surface area contributed by atoms with E-state index in [9.17, 15) is 0 Å². The monoisotopic (exact) mass is 305 g/mol. The summed E-state index contributed by atoms with van der Waals surface area (Å²) in [6, 6.07) is 13.7. The summed E-state index contributed by atoms with van der Waals surface area (Å²) in [7, 11) is 0. The van der Waals surface area contributed by atoms with Gasteiger partial charge in [-0.05, 0) is 43.7 Å². The van der Waals surface area contributed by atoms with Gasteiger partial charge < -0.3 is 14.8 Å². The Bertz CT molecular complexity index is 587. The molecular weight excluding hydrogens is 286 g/mol. The predicted octanol–water partition coefficient (Wildman–Crippen LogP) is 4.75. The highest BCUT2D eigenvalue weighted by Gasteiger charge is 2.06. The predicted molar refractivity (Wildman–Crippen MR) is 87.6 cm³/mol. The quantitative estimate of drug-likeness (QED) is 0.800. The topological polar surface area (TPSA) is 30.5 Å². The molecule has 21 heavy (non-hydrogen) atoms. The molecule has 0 aromatic heterocycles. The SMILES string of the molecule is CCOc1ccc(NCc2cccc(Cl)c2)cc1OCC. The van der Waals surface area contributed by atoms with Crippen molar-refractivity contribution in [2.75, 3.05) is 18.5 Å². The third-order valence-electron chi connectivity index (χ3n) is 2.93. The number of benzene rings is 2. The van der Waals surface area contributed by atoms with Crippen molar-refractivity contribution in [3.63, 3.8) is 0 Å². The molecule has 0 saturated heterocycles. The standard InChI is InChI=1S/C17H20ClNO2/c1-3-20-16-9-8-15(11-17(16)21-4-2)19-12-13-6-5-7-14(18)10-13/h5-11,19H,3-4,12H2,1-2H3. The van der Waals surface area contributed by atoms with Crippen LogP contribution in [0.4, 0.5) is 5.69 Å². The van der Waals surface area contributed by atoms with Crippen LogP contribution >= 0.6 is 11.6 Å². The molecule has 0 atom stereocenters. The average molecular weight is 306 g/mol. The number of halogens is 1. The van der Waals surface area contributed by atoms with Crippen LogP contribution in [0.3, 0.4) is 0 Å². The third kappa shape index (κ3) is 4.57. The van der Waals surface area contributed by atoms with Crippen LogP contribution in [0.1, 0.15) is 19.4 Å². The number of hydrogen-bond donors (Lipinski definition) is 1. The first kappa shape index (κ1) is 15.5. The molecule has 0 aliphatic rings. The van der Waals surface area contributed by atoms with E-state index >= 15 is 0 Å². The van der Waals surface area contributed by atoms with E-state index in [2.05, 4.69) is 5.32 Å². The molecule has 0 spiro atoms. The van der Waals surface area contributed by atoms with Crippen molar-refractivity contribution in [1.29, 1.82) is 0 Å². The first-order valence-electron chi connectivity index (χ1n) is 7.11. The normalized spacial score (nSPS) is 10.2. The van der Waals surface area contributed by atoms with Gasteiger partial charge >= 0.3 is 0 Å². The summed E-state index contributed by atoms with van der Waals surface area (Å²) in [5.74, 6) is 1.53. The van der Waals surface area contributed by atoms with E-state index in [1.165, 1.54) is 0 Å². The van der Waals surface area contributed by atoms with Gasteiger partial charge in [-0.25, -0.2) is 0 Å². The van der Waals surface area contributed by atoms with Gasteiger partial charge in [-0.2, -0.15) is 0 Å². The maximum absolute atomic E-state index is 5.98. The molecule has 0 bridgehead atoms. The zero-order valence-electron chi connectivity index (χ0n) is 12.4. The molecular formula is C17H20ClNO2. The van der Waals surface area contributed by atoms with Crippen LogP contribution in [0.5, 0.6) is 11.5 Å². The lowest BCUT2D eigenvalue weighted by atomic mass is 10.2. The van der Waals surface area contributed by atoms with E-state index in [-0.39, 0.29) is 0 Å². The Balaban J connectivity index is 2.07. The lowest BCUT2D eigenvalue weighted by molar-refractivity contribution is 0.288. The Morgan fingerprint density at radius 2 is 1.71 bits per heavy atom. The van der Waals surface area contributed by atoms with E-state index in [0.717, 1.165) is 27.8 Å². The highest BCUT2D eigenvalue weighted by atomic mass is 35.5. The highest BCUT2D eigenvalue weighted by molar-refractivity contribution is 6.30. The molecule has 3 nitrogen and oxygen atoms in total. The van der Waals surface area contributed by atoms with Gasteiger partial charge in [0.1, 0.15) is 0 Å². The van der Waals surface area contributed by atoms with E-state index in [4.69, 9.17) is 21.1 Å². The van der Waals surface area contributed by atoms with Gasteiger partial charge in [-0.1, -0.05) is 23.7 Å². The largest absolute Gasteiger partial charge is 0.490 e. The van der Waals surface area contributed by atoms with Crippen LogP contribution in [-0.4, -0.2) is 13.2 Å². The van der Waals surface area contributed by atoms with Gasteiger partial charge in [0, 0.05) is 23.3 Å². The molecule has 2 aromatic rings. The summed E-state index contributed by atoms with van der Waals surface area (Å²) >= 11 is 5.98. The zero-order chi connectivity index (χ0) is 15.1. The van der Waals surface area contributed by atoms with Crippen molar-refractivity contribution in [3.8, 4) is 11.5 Å². The molecule has 0 amide bonds. The van der Waals surface area contributed by atoms with Gasteiger partial charge in [-0.3, -0.25) is 0 Å². The molecule has 0 aliphatic carbocycles. The lowest BCUT2D eigenvalue weighted by Gasteiger charge is -2.13. The van der Waals surface area contributed by atoms with Crippen LogP contribution < -0.4 is 14.8 Å². The second kappa shape index (κ2) is 7.79. The molecule has 0 saturated carbocycles. The van der Waals surface area contributed by atoms with Crippen LogP contribution in [-0.2, 0) is 6.54 Å². The summed E-state index contributed by atoms with van der Waals surface area (Å²) in [5, 5.41) is 4.11. The second-order valence-electron chi connectivity index (χ2n) is 4.51. The van der Waals surface area contributed by atoms with Crippen molar-refractivity contribution < 1.29 is 9.47 Å². The summed E-state index contributed by atoms with van der Waals surface area (Å²) < 4.78 is 11.2. The van der Waals surface area contributed by atoms with E-state index in [0.29, 0.717) is 19.8 Å². The first-order valence-corrected chi connectivity index (χ1v) is 7.48. The molecule has 2 aromatic carbocycles. The highest BCUT2D eigenvalue weighted by Crippen LogP contribution is 2.30. The van der Waals surface area contributed by atoms with Gasteiger partial charge in [0.05, 0.1) is 13.2 Å². The Labute approximate surface area is 130 Å². The zero-order valence-corrected chi connectivity index (χ0v) is 13.1. The summed E-state index contributed by atoms with van der Waals surface area (Å²) in [5.41, 5.74) is 2.12. The van der Waals surface area contributed by atoms with E-state index in [1.807, 2.05) is 56.3 Å². The Hall–Kier alpha value is -1.87. The molecule has 0 aliphatic heterocycles. The van der Waals surface area contributed by atoms with Crippen LogP contribution in [0.2, 0.25) is 5.02 Å². The third-order valence-corrected chi connectivity index (χ3v) is 3.16. The van der Waals surface area contributed by atoms with Gasteiger partial charge in [0.2, 0.25) is 0 Å². The maximum Gasteiger partial charge on any atom is 0.163 e. The molecule has 0 fully saturated rings. The summed E-state index contributed by atoms with van der Waals surface area (Å²) in [4.78, 5) is 0. The van der Waals surface area contributed by atoms with Crippen LogP contribution in [0.25, 0.3) is 0 Å². The average Bonchev–Trinajstić information content (AvgIpc) is 2.48. The minimum absolute atomic E-state index is 0.609. The summed E-state index contributed by atoms with van der Waals surface area (Å²) in [6.45, 7) is 5.86. The number of nitrogens with one attached hydrogen (secondary N) is 1. The van der Waals surface area contributed by atoms with Crippen molar-refractivity contribution >= 4 is 17.3 Å². The smallest absolute Gasteiger partial charge is 0.163 e. The fourth-order valence-corrected chi connectivity index (χ4v) is 2.23. The minimum atomic E-state index is 0.609. The lowest BCUT2D eigenvalue weighted by Crippen LogP contribution is -2.02. The van der Waals surface area contributed by atoms with Crippen molar-refractivity contribution in [1.82, 2.24) is 0 Å². The van der Waals surface area contributed by atoms with Crippen LogP contribution in [0, 0.1) is 0 Å². The number of ether oxygens (including phenoxy) is 2. The molecule has 0 radical (unpaired) electrons. The fourth-order valence-electron chi connectivity index (χ4n) is 2.01. The van der Waals surface area contributed by atoms with E-state index in [1.54, 1.807) is 0 Å². The maximum atomic E-state index is 5.98. The molecule has 0 heterocycles. The number of hydrogen-bond acceptors (Lipinski definition) is 3. The minimum Gasteiger partial charge on any atom is -0.490 e. The Morgan fingerprint density at radius 1 is 0.952 bits per heavy atom. The van der Waals surface area contributed by atoms with Crippen LogP contribution in [0.15, 0.2) is 42.5 Å². The van der Waals surface area contributed by atoms with Gasteiger partial charge in [0.15, 0.2) is 11.5 Å². The number of rotatable bonds is 7. The Kier molecular flexibility index (Phi) is 5.76. The molecule has 4 heteroatoms. The number of anilines is 1. The Morgan fingerprint density at radius 3 is 2.43 bits per heavy atom. The molecule has 2 rings (SSSR count). The van der Waals surface area contributed by atoms with Crippen molar-refractivity contribution in [2.45, 2.75) is 20.4 Å². The summed E-state index contributed by atoms with van der Waals surface area (Å²) in [6.07, 6.45) is 0. The van der Waals surface area contributed by atoms with Gasteiger partial charge in [-0.15, -0.1) is 0 Å². The van der Waals surface area contributed by atoms with Crippen molar-refractivity contribution in [3.05, 3.63) is 53.1 Å². The molecule has 112 valence electrons. The molecule has 1 N–H and O–H groups in total. The molecule has 0 unspecified atom stereocenters. The van der Waals surface area contributed by atoms with E-state index < -0.39 is 0 Å². The van der Waals surface area contributed by atoms with Gasteiger partial charge in [0.25, 0.3) is 0 Å². The second-order valence-corrected chi connectivity index (χ2v) is 4.95.